The van der Waals surface area contributed by atoms with Crippen molar-refractivity contribution >= 4 is 59.0 Å². The maximum absolute atomic E-state index is 13.0. The first-order valence-electron chi connectivity index (χ1n) is 22.7. The standard InChI is InChI=1S/C44H70N4O16/c1-30-28-38(52)48(43(30)59)21-18-37(51)45-19-4-22-62-24-26-64-27-25-63-23-5-20-46-41(57)33(13-17-40(55)56)29-35(50)15-16-36(44(60)61)47-42(58)32-11-8-31(9-12-32)10-14-34(49)6-2-3-7-39(53)54/h30-33,36H,2-29H2,1H3,(H,45,51)(H,46,57)(H,47,58)(H,53,54)(H,55,56)(H,60,61). The Morgan fingerprint density at radius 1 is 0.672 bits per heavy atom. The van der Waals surface area contributed by atoms with E-state index in [1.807, 2.05) is 0 Å². The van der Waals surface area contributed by atoms with Crippen LogP contribution in [0.5, 0.6) is 0 Å². The van der Waals surface area contributed by atoms with Crippen molar-refractivity contribution in [3.8, 4) is 0 Å². The third kappa shape index (κ3) is 24.3. The minimum atomic E-state index is -1.32. The molecule has 0 radical (unpaired) electrons. The number of hydrogen-bond acceptors (Lipinski definition) is 13. The molecule has 20 nitrogen and oxygen atoms in total. The number of Topliss-reactive ketones (excluding diaryl/α,β-unsaturated/α-hetero) is 2. The van der Waals surface area contributed by atoms with Gasteiger partial charge in [0.05, 0.1) is 26.4 Å². The van der Waals surface area contributed by atoms with Crippen molar-refractivity contribution in [2.24, 2.45) is 23.7 Å². The molecule has 1 aliphatic heterocycles. The smallest absolute Gasteiger partial charge is 0.326 e. The largest absolute Gasteiger partial charge is 0.481 e. The molecule has 1 saturated carbocycles. The molecule has 3 atom stereocenters. The van der Waals surface area contributed by atoms with Crippen molar-refractivity contribution in [2.75, 3.05) is 59.3 Å². The zero-order valence-electron chi connectivity index (χ0n) is 37.3. The maximum atomic E-state index is 13.0. The van der Waals surface area contributed by atoms with Gasteiger partial charge in [0.1, 0.15) is 17.6 Å². The second kappa shape index (κ2) is 31.9. The fourth-order valence-electron chi connectivity index (χ4n) is 7.51. The number of imide groups is 1. The average Bonchev–Trinajstić information content (AvgIpc) is 3.50. The van der Waals surface area contributed by atoms with Crippen LogP contribution in [0.2, 0.25) is 0 Å². The highest BCUT2D eigenvalue weighted by Crippen LogP contribution is 2.32. The molecule has 0 spiro atoms. The molecule has 0 bridgehead atoms. The van der Waals surface area contributed by atoms with Crippen LogP contribution in [0, 0.1) is 23.7 Å². The molecule has 2 fully saturated rings. The minimum absolute atomic E-state index is 0.0416. The van der Waals surface area contributed by atoms with Gasteiger partial charge in [0, 0.05) is 102 Å². The lowest BCUT2D eigenvalue weighted by atomic mass is 9.79. The van der Waals surface area contributed by atoms with Crippen molar-refractivity contribution in [1.29, 1.82) is 0 Å². The number of likely N-dealkylation sites (tertiary alicyclic amines) is 1. The van der Waals surface area contributed by atoms with E-state index < -0.39 is 53.4 Å². The number of rotatable bonds is 37. The quantitative estimate of drug-likeness (QED) is 0.0385. The monoisotopic (exact) mass is 910 g/mol. The van der Waals surface area contributed by atoms with Gasteiger partial charge in [-0.3, -0.25) is 48.1 Å². The number of amides is 5. The molecule has 1 aliphatic carbocycles. The van der Waals surface area contributed by atoms with Crippen LogP contribution in [-0.2, 0) is 62.2 Å². The van der Waals surface area contributed by atoms with E-state index in [1.54, 1.807) is 6.92 Å². The Kier molecular flexibility index (Phi) is 27.6. The Balaban J connectivity index is 1.55. The molecule has 362 valence electrons. The number of nitrogens with zero attached hydrogens (tertiary/aromatic N) is 1. The van der Waals surface area contributed by atoms with E-state index >= 15 is 0 Å². The molecule has 64 heavy (non-hydrogen) atoms. The van der Waals surface area contributed by atoms with Gasteiger partial charge in [-0.05, 0) is 76.5 Å². The van der Waals surface area contributed by atoms with Crippen molar-refractivity contribution in [1.82, 2.24) is 20.9 Å². The van der Waals surface area contributed by atoms with Gasteiger partial charge in [-0.2, -0.15) is 0 Å². The second-order valence-electron chi connectivity index (χ2n) is 16.6. The number of aliphatic carboxylic acids is 3. The first-order chi connectivity index (χ1) is 30.6. The summed E-state index contributed by atoms with van der Waals surface area (Å²) < 4.78 is 16.5. The number of hydrogen-bond donors (Lipinski definition) is 6. The molecule has 0 aromatic carbocycles. The van der Waals surface area contributed by atoms with Gasteiger partial charge in [-0.25, -0.2) is 4.79 Å². The minimum Gasteiger partial charge on any atom is -0.481 e. The third-order valence-electron chi connectivity index (χ3n) is 11.4. The van der Waals surface area contributed by atoms with Crippen LogP contribution in [-0.4, -0.2) is 145 Å². The van der Waals surface area contributed by atoms with Crippen LogP contribution in [0.15, 0.2) is 0 Å². The lowest BCUT2D eigenvalue weighted by Crippen LogP contribution is -2.44. The summed E-state index contributed by atoms with van der Waals surface area (Å²) >= 11 is 0. The highest BCUT2D eigenvalue weighted by atomic mass is 16.5. The molecule has 0 aromatic rings. The van der Waals surface area contributed by atoms with Crippen LogP contribution >= 0.6 is 0 Å². The summed E-state index contributed by atoms with van der Waals surface area (Å²) in [5, 5.41) is 35.7. The number of carboxylic acid groups (broad SMARTS) is 3. The van der Waals surface area contributed by atoms with E-state index in [2.05, 4.69) is 16.0 Å². The fraction of sp³-hybridized carbons (Fsp3) is 0.773. The molecule has 3 unspecified atom stereocenters. The Hall–Kier alpha value is -4.82. The maximum Gasteiger partial charge on any atom is 0.326 e. The Morgan fingerprint density at radius 2 is 1.27 bits per heavy atom. The Labute approximate surface area is 374 Å². The number of carbonyl (C=O) groups excluding carboxylic acids is 7. The van der Waals surface area contributed by atoms with Gasteiger partial charge in [0.2, 0.25) is 29.5 Å². The number of nitrogens with one attached hydrogen (secondary N) is 3. The molecule has 2 aliphatic rings. The van der Waals surface area contributed by atoms with E-state index in [-0.39, 0.29) is 99.8 Å². The topological polar surface area (TPSA) is 298 Å². The van der Waals surface area contributed by atoms with Crippen molar-refractivity contribution in [2.45, 2.75) is 135 Å². The predicted octanol–water partition coefficient (Wildman–Crippen LogP) is 2.42. The Morgan fingerprint density at radius 3 is 1.84 bits per heavy atom. The van der Waals surface area contributed by atoms with Crippen LogP contribution < -0.4 is 16.0 Å². The zero-order chi connectivity index (χ0) is 47.3. The summed E-state index contributed by atoms with van der Waals surface area (Å²) in [6.45, 7) is 4.37. The SMILES string of the molecule is CC1CC(=O)N(CCC(=O)NCCCOCCOCCOCCCNC(=O)C(CCC(=O)O)CC(=O)CCC(NC(=O)C2CCC(CCC(=O)CCCCC(=O)O)CC2)C(=O)O)C1=O. The molecule has 1 saturated heterocycles. The molecule has 2 rings (SSSR count). The van der Waals surface area contributed by atoms with Crippen LogP contribution in [0.4, 0.5) is 0 Å². The van der Waals surface area contributed by atoms with Crippen molar-refractivity contribution < 1.29 is 77.5 Å². The normalized spacial score (nSPS) is 18.3. The van der Waals surface area contributed by atoms with E-state index in [1.165, 1.54) is 0 Å². The molecular weight excluding hydrogens is 840 g/mol. The van der Waals surface area contributed by atoms with E-state index in [0.29, 0.717) is 117 Å². The van der Waals surface area contributed by atoms with Crippen LogP contribution in [0.1, 0.15) is 129 Å². The second-order valence-corrected chi connectivity index (χ2v) is 16.6. The number of carboxylic acids is 3. The summed E-state index contributed by atoms with van der Waals surface area (Å²) in [4.78, 5) is 122. The molecule has 5 amide bonds. The highest BCUT2D eigenvalue weighted by molar-refractivity contribution is 6.03. The number of carbonyl (C=O) groups is 10. The lowest BCUT2D eigenvalue weighted by molar-refractivity contribution is -0.143. The third-order valence-corrected chi connectivity index (χ3v) is 11.4. The number of unbranched alkanes of at least 4 members (excludes halogenated alkanes) is 1. The van der Waals surface area contributed by atoms with E-state index in [4.69, 9.17) is 19.3 Å². The lowest BCUT2D eigenvalue weighted by Gasteiger charge is -2.28. The number of ketones is 2. The summed E-state index contributed by atoms with van der Waals surface area (Å²) in [5.74, 6) is -6.70. The first kappa shape index (κ1) is 55.3. The van der Waals surface area contributed by atoms with Gasteiger partial charge in [0.25, 0.3) is 0 Å². The molecule has 1 heterocycles. The summed E-state index contributed by atoms with van der Waals surface area (Å²) in [6.07, 6.45) is 5.12. The van der Waals surface area contributed by atoms with Gasteiger partial charge in [0.15, 0.2) is 0 Å². The zero-order valence-corrected chi connectivity index (χ0v) is 37.3. The first-order valence-corrected chi connectivity index (χ1v) is 22.7. The van der Waals surface area contributed by atoms with Crippen LogP contribution in [0.25, 0.3) is 0 Å². The van der Waals surface area contributed by atoms with Gasteiger partial charge in [-0.1, -0.05) is 6.92 Å². The van der Waals surface area contributed by atoms with E-state index in [9.17, 15) is 58.2 Å². The predicted molar refractivity (Wildman–Crippen MR) is 227 cm³/mol. The molecular formula is C44H70N4O16. The average molecular weight is 911 g/mol. The van der Waals surface area contributed by atoms with Crippen molar-refractivity contribution in [3.63, 3.8) is 0 Å². The summed E-state index contributed by atoms with van der Waals surface area (Å²) in [5.41, 5.74) is 0. The molecule has 0 aromatic heterocycles. The molecule has 20 heteroatoms. The number of ether oxygens (including phenoxy) is 3. The van der Waals surface area contributed by atoms with Gasteiger partial charge in [-0.15, -0.1) is 0 Å². The Bertz CT molecular complexity index is 1550. The van der Waals surface area contributed by atoms with Gasteiger partial charge < -0.3 is 45.5 Å². The van der Waals surface area contributed by atoms with Crippen molar-refractivity contribution in [3.05, 3.63) is 0 Å². The van der Waals surface area contributed by atoms with E-state index in [0.717, 1.165) is 4.90 Å². The highest BCUT2D eigenvalue weighted by Gasteiger charge is 2.35. The fourth-order valence-corrected chi connectivity index (χ4v) is 7.51. The molecule has 6 N–H and O–H groups in total. The summed E-state index contributed by atoms with van der Waals surface area (Å²) in [7, 11) is 0. The van der Waals surface area contributed by atoms with Gasteiger partial charge >= 0.3 is 17.9 Å². The summed E-state index contributed by atoms with van der Waals surface area (Å²) in [6, 6.07) is -1.32. The van der Waals surface area contributed by atoms with Crippen LogP contribution in [0.3, 0.4) is 0 Å².